The molecule has 3 rings (SSSR count). The monoisotopic (exact) mass is 378 g/mol. The van der Waals surface area contributed by atoms with E-state index < -0.39 is 0 Å². The van der Waals surface area contributed by atoms with E-state index in [-0.39, 0.29) is 16.6 Å². The fraction of sp³-hybridized carbons (Fsp3) is 0.762. The number of rotatable bonds is 6. The van der Waals surface area contributed by atoms with Crippen LogP contribution >= 0.6 is 11.3 Å². The van der Waals surface area contributed by atoms with E-state index in [0.717, 1.165) is 51.6 Å². The first-order valence-corrected chi connectivity index (χ1v) is 10.6. The second-order valence-electron chi connectivity index (χ2n) is 9.11. The lowest BCUT2D eigenvalue weighted by atomic mass is 9.66. The molecular weight excluding hydrogens is 344 g/mol. The van der Waals surface area contributed by atoms with Crippen LogP contribution in [0.1, 0.15) is 57.2 Å². The van der Waals surface area contributed by atoms with Gasteiger partial charge in [0.2, 0.25) is 5.91 Å². The van der Waals surface area contributed by atoms with Gasteiger partial charge in [0, 0.05) is 31.5 Å². The van der Waals surface area contributed by atoms with Crippen molar-refractivity contribution in [1.29, 1.82) is 0 Å². The van der Waals surface area contributed by atoms with E-state index in [2.05, 4.69) is 55.3 Å². The van der Waals surface area contributed by atoms with Crippen molar-refractivity contribution in [3.05, 3.63) is 22.4 Å². The fourth-order valence-corrected chi connectivity index (χ4v) is 5.74. The smallest absolute Gasteiger partial charge is 0.223 e. The average Bonchev–Trinajstić information content (AvgIpc) is 3.23. The molecule has 1 saturated carbocycles. The molecule has 1 aromatic heterocycles. The fourth-order valence-electron chi connectivity index (χ4n) is 4.68. The summed E-state index contributed by atoms with van der Waals surface area (Å²) in [5.41, 5.74) is 0.167. The van der Waals surface area contributed by atoms with E-state index in [1.807, 2.05) is 11.3 Å². The predicted molar refractivity (Wildman–Crippen MR) is 107 cm³/mol. The lowest BCUT2D eigenvalue weighted by molar-refractivity contribution is -0.128. The number of carbonyl (C=O) groups excluding carboxylic acids is 1. The molecule has 2 aliphatic rings. The topological polar surface area (TPSA) is 32.8 Å². The maximum Gasteiger partial charge on any atom is 0.223 e. The van der Waals surface area contributed by atoms with Gasteiger partial charge in [-0.15, -0.1) is 11.3 Å². The minimum Gasteiger partial charge on any atom is -0.379 e. The Morgan fingerprint density at radius 1 is 1.27 bits per heavy atom. The van der Waals surface area contributed by atoms with E-state index in [1.54, 1.807) is 7.11 Å². The number of amides is 1. The van der Waals surface area contributed by atoms with Gasteiger partial charge in [0.25, 0.3) is 0 Å². The van der Waals surface area contributed by atoms with Crippen LogP contribution in [0, 0.1) is 5.41 Å². The summed E-state index contributed by atoms with van der Waals surface area (Å²) in [5.74, 6) is 0.338. The number of carbonyl (C=O) groups is 1. The predicted octanol–water partition coefficient (Wildman–Crippen LogP) is 4.11. The standard InChI is InChI=1S/C21H34N2O2S/c1-19(2,25-5)12-13-23-16-20(15-18(23)24)8-10-21(11-9-20,22(3)4)17-7-6-14-26-17/h6-7,14H,8-13,15-16H2,1-5H3. The molecular formula is C21H34N2O2S. The molecule has 146 valence electrons. The highest BCUT2D eigenvalue weighted by Gasteiger charge is 2.50. The molecule has 2 fully saturated rings. The van der Waals surface area contributed by atoms with Gasteiger partial charge in [-0.1, -0.05) is 6.07 Å². The summed E-state index contributed by atoms with van der Waals surface area (Å²) in [6.45, 7) is 5.93. The second-order valence-corrected chi connectivity index (χ2v) is 10.1. The molecule has 1 aliphatic carbocycles. The molecule has 4 nitrogen and oxygen atoms in total. The highest BCUT2D eigenvalue weighted by atomic mass is 32.1. The van der Waals surface area contributed by atoms with Gasteiger partial charge in [-0.25, -0.2) is 0 Å². The molecule has 0 unspecified atom stereocenters. The minimum absolute atomic E-state index is 0.147. The maximum atomic E-state index is 12.7. The van der Waals surface area contributed by atoms with Crippen LogP contribution in [0.2, 0.25) is 0 Å². The second kappa shape index (κ2) is 7.25. The number of nitrogens with zero attached hydrogens (tertiary/aromatic N) is 2. The van der Waals surface area contributed by atoms with Crippen LogP contribution in [-0.4, -0.2) is 55.6 Å². The zero-order chi connectivity index (χ0) is 19.0. The SMILES string of the molecule is COC(C)(C)CCN1CC2(CCC(c3cccs3)(N(C)C)CC2)CC1=O. The van der Waals surface area contributed by atoms with E-state index >= 15 is 0 Å². The third-order valence-corrected chi connectivity index (χ3v) is 7.98. The molecule has 1 aromatic rings. The molecule has 0 radical (unpaired) electrons. The van der Waals surface area contributed by atoms with Crippen LogP contribution in [-0.2, 0) is 15.1 Å². The summed E-state index contributed by atoms with van der Waals surface area (Å²) >= 11 is 1.87. The summed E-state index contributed by atoms with van der Waals surface area (Å²) in [6.07, 6.45) is 6.19. The number of likely N-dealkylation sites (tertiary alicyclic amines) is 1. The van der Waals surface area contributed by atoms with Crippen molar-refractivity contribution in [2.75, 3.05) is 34.3 Å². The zero-order valence-corrected chi connectivity index (χ0v) is 17.8. The third kappa shape index (κ3) is 3.71. The molecule has 2 heterocycles. The molecule has 1 spiro atoms. The van der Waals surface area contributed by atoms with Crippen LogP contribution in [0.15, 0.2) is 17.5 Å². The first kappa shape index (κ1) is 19.8. The zero-order valence-electron chi connectivity index (χ0n) is 17.0. The van der Waals surface area contributed by atoms with Crippen molar-refractivity contribution in [2.24, 2.45) is 5.41 Å². The first-order valence-electron chi connectivity index (χ1n) is 9.76. The summed E-state index contributed by atoms with van der Waals surface area (Å²) in [5, 5.41) is 2.18. The van der Waals surface area contributed by atoms with Crippen molar-refractivity contribution in [1.82, 2.24) is 9.80 Å². The molecule has 1 saturated heterocycles. The van der Waals surface area contributed by atoms with Crippen LogP contribution in [0.4, 0.5) is 0 Å². The quantitative estimate of drug-likeness (QED) is 0.747. The largest absolute Gasteiger partial charge is 0.379 e. The molecule has 0 aromatic carbocycles. The summed E-state index contributed by atoms with van der Waals surface area (Å²) in [4.78, 5) is 18.6. The molecule has 1 amide bonds. The van der Waals surface area contributed by atoms with Crippen molar-refractivity contribution < 1.29 is 9.53 Å². The van der Waals surface area contributed by atoms with Crippen LogP contribution in [0.25, 0.3) is 0 Å². The first-order chi connectivity index (χ1) is 12.2. The van der Waals surface area contributed by atoms with E-state index in [0.29, 0.717) is 5.91 Å². The van der Waals surface area contributed by atoms with Gasteiger partial charge in [0.1, 0.15) is 0 Å². The Bertz CT molecular complexity index is 616. The van der Waals surface area contributed by atoms with Crippen LogP contribution < -0.4 is 0 Å². The molecule has 0 N–H and O–H groups in total. The summed E-state index contributed by atoms with van der Waals surface area (Å²) < 4.78 is 5.52. The lowest BCUT2D eigenvalue weighted by Crippen LogP contribution is -2.47. The van der Waals surface area contributed by atoms with Gasteiger partial charge in [-0.3, -0.25) is 9.69 Å². The van der Waals surface area contributed by atoms with E-state index in [9.17, 15) is 4.79 Å². The maximum absolute atomic E-state index is 12.7. The molecule has 5 heteroatoms. The van der Waals surface area contributed by atoms with Gasteiger partial charge in [0.05, 0.1) is 11.1 Å². The Labute approximate surface area is 162 Å². The Morgan fingerprint density at radius 2 is 1.96 bits per heavy atom. The minimum atomic E-state index is -0.165. The van der Waals surface area contributed by atoms with Crippen molar-refractivity contribution >= 4 is 17.2 Å². The average molecular weight is 379 g/mol. The molecule has 0 atom stereocenters. The molecule has 0 bridgehead atoms. The number of hydrogen-bond donors (Lipinski definition) is 0. The Kier molecular flexibility index (Phi) is 5.53. The van der Waals surface area contributed by atoms with Crippen molar-refractivity contribution in [3.63, 3.8) is 0 Å². The number of thiophene rings is 1. The Morgan fingerprint density at radius 3 is 2.50 bits per heavy atom. The molecule has 26 heavy (non-hydrogen) atoms. The third-order valence-electron chi connectivity index (χ3n) is 6.92. The highest BCUT2D eigenvalue weighted by Crippen LogP contribution is 2.52. The van der Waals surface area contributed by atoms with Gasteiger partial charge in [0.15, 0.2) is 0 Å². The summed E-state index contributed by atoms with van der Waals surface area (Å²) in [6, 6.07) is 4.44. The Hall–Kier alpha value is -0.910. The highest BCUT2D eigenvalue weighted by molar-refractivity contribution is 7.10. The van der Waals surface area contributed by atoms with Crippen LogP contribution in [0.3, 0.4) is 0 Å². The van der Waals surface area contributed by atoms with Crippen molar-refractivity contribution in [2.45, 2.75) is 63.5 Å². The van der Waals surface area contributed by atoms with E-state index in [1.165, 1.54) is 4.88 Å². The van der Waals surface area contributed by atoms with Crippen molar-refractivity contribution in [3.8, 4) is 0 Å². The lowest BCUT2D eigenvalue weighted by Gasteiger charge is -2.48. The van der Waals surface area contributed by atoms with E-state index in [4.69, 9.17) is 4.74 Å². The van der Waals surface area contributed by atoms with Gasteiger partial charge < -0.3 is 9.64 Å². The van der Waals surface area contributed by atoms with Gasteiger partial charge in [-0.05, 0) is 76.9 Å². The normalized spacial score (nSPS) is 29.9. The van der Waals surface area contributed by atoms with Gasteiger partial charge in [-0.2, -0.15) is 0 Å². The van der Waals surface area contributed by atoms with Gasteiger partial charge >= 0.3 is 0 Å². The number of ether oxygens (including phenoxy) is 1. The number of methoxy groups -OCH3 is 1. The summed E-state index contributed by atoms with van der Waals surface area (Å²) in [7, 11) is 6.16. The molecule has 1 aliphatic heterocycles. The Balaban J connectivity index is 1.66. The van der Waals surface area contributed by atoms with Crippen LogP contribution in [0.5, 0.6) is 0 Å². The number of hydrogen-bond acceptors (Lipinski definition) is 4.